The molecule has 0 spiro atoms. The largest absolute Gasteiger partial charge is 0.343 e. The molecule has 1 N–H and O–H groups in total. The van der Waals surface area contributed by atoms with E-state index >= 15 is 0 Å². The number of fused-ring (bicyclic) bond motifs is 1. The lowest BCUT2D eigenvalue weighted by Gasteiger charge is -2.18. The van der Waals surface area contributed by atoms with Crippen LogP contribution in [0.3, 0.4) is 0 Å². The van der Waals surface area contributed by atoms with Gasteiger partial charge >= 0.3 is 5.69 Å². The van der Waals surface area contributed by atoms with Crippen LogP contribution < -0.4 is 5.69 Å². The second kappa shape index (κ2) is 4.99. The van der Waals surface area contributed by atoms with Crippen molar-refractivity contribution in [2.45, 2.75) is 17.2 Å². The molecule has 10 heteroatoms. The molecule has 3 heterocycles. The number of sulfonamides is 1. The van der Waals surface area contributed by atoms with Crippen molar-refractivity contribution in [3.63, 3.8) is 0 Å². The molecule has 20 heavy (non-hydrogen) atoms. The van der Waals surface area contributed by atoms with Crippen LogP contribution >= 0.6 is 22.9 Å². The van der Waals surface area contributed by atoms with Crippen molar-refractivity contribution in [1.82, 2.24) is 19.1 Å². The number of nitrogens with one attached hydrogen (secondary N) is 1. The van der Waals surface area contributed by atoms with Crippen molar-refractivity contribution < 1.29 is 8.42 Å². The van der Waals surface area contributed by atoms with Crippen molar-refractivity contribution >= 4 is 33.0 Å². The highest BCUT2D eigenvalue weighted by atomic mass is 35.5. The molecule has 0 amide bonds. The maximum Gasteiger partial charge on any atom is 0.343 e. The molecular formula is C10H11ClN4O3S2. The summed E-state index contributed by atoms with van der Waals surface area (Å²) in [4.78, 5) is 11.5. The van der Waals surface area contributed by atoms with Gasteiger partial charge in [-0.2, -0.15) is 9.40 Å². The highest BCUT2D eigenvalue weighted by molar-refractivity contribution is 7.91. The zero-order chi connectivity index (χ0) is 14.3. The first-order valence-corrected chi connectivity index (χ1v) is 8.51. The molecule has 0 aliphatic carbocycles. The van der Waals surface area contributed by atoms with Crippen molar-refractivity contribution in [2.75, 3.05) is 13.1 Å². The minimum Gasteiger partial charge on any atom is -0.278 e. The monoisotopic (exact) mass is 334 g/mol. The number of hydrogen-bond acceptors (Lipinski definition) is 5. The molecule has 2 aromatic heterocycles. The minimum absolute atomic E-state index is 0.218. The molecular weight excluding hydrogens is 324 g/mol. The van der Waals surface area contributed by atoms with Crippen LogP contribution in [0.2, 0.25) is 4.34 Å². The van der Waals surface area contributed by atoms with Gasteiger partial charge in [-0.1, -0.05) is 11.6 Å². The number of hydrogen-bond donors (Lipinski definition) is 1. The van der Waals surface area contributed by atoms with E-state index in [-0.39, 0.29) is 16.4 Å². The summed E-state index contributed by atoms with van der Waals surface area (Å²) in [5.74, 6) is 0.580. The Morgan fingerprint density at radius 2 is 2.10 bits per heavy atom. The van der Waals surface area contributed by atoms with Crippen molar-refractivity contribution in [2.24, 2.45) is 0 Å². The Bertz CT molecular complexity index is 792. The third-order valence-corrected chi connectivity index (χ3v) is 6.74. The first-order valence-electron chi connectivity index (χ1n) is 5.88. The van der Waals surface area contributed by atoms with Gasteiger partial charge in [0.2, 0.25) is 0 Å². The summed E-state index contributed by atoms with van der Waals surface area (Å²) in [6, 6.07) is 3.06. The minimum atomic E-state index is -3.56. The predicted octanol–water partition coefficient (Wildman–Crippen LogP) is 0.533. The van der Waals surface area contributed by atoms with E-state index in [9.17, 15) is 13.2 Å². The van der Waals surface area contributed by atoms with Gasteiger partial charge in [-0.15, -0.1) is 11.3 Å². The molecule has 0 saturated carbocycles. The van der Waals surface area contributed by atoms with Crippen molar-refractivity contribution in [3.05, 3.63) is 32.8 Å². The van der Waals surface area contributed by atoms with Crippen LogP contribution in [-0.4, -0.2) is 40.6 Å². The molecule has 0 aromatic carbocycles. The second-order valence-corrected chi connectivity index (χ2v) is 8.19. The molecule has 0 fully saturated rings. The third kappa shape index (κ3) is 2.30. The summed E-state index contributed by atoms with van der Waals surface area (Å²) in [5, 5.41) is 6.26. The van der Waals surface area contributed by atoms with E-state index < -0.39 is 10.0 Å². The van der Waals surface area contributed by atoms with Crippen molar-refractivity contribution in [3.8, 4) is 0 Å². The molecule has 3 rings (SSSR count). The standard InChI is InChI=1S/C10H11ClN4O3S2/c11-7-1-2-9(19-7)20(17,18)14-4-3-8-12-13-10(16)15(8)6-5-14/h1-2H,3-6H2,(H,13,16). The number of H-pyrrole nitrogens is 1. The Hall–Kier alpha value is -1.16. The second-order valence-electron chi connectivity index (χ2n) is 4.31. The normalized spacial score (nSPS) is 16.9. The summed E-state index contributed by atoms with van der Waals surface area (Å²) in [7, 11) is -3.56. The SMILES string of the molecule is O=c1[nH]nc2n1CCN(S(=O)(=O)c1ccc(Cl)s1)CC2. The molecule has 0 saturated heterocycles. The maximum absolute atomic E-state index is 12.5. The van der Waals surface area contributed by atoms with Gasteiger partial charge < -0.3 is 0 Å². The Balaban J connectivity index is 1.88. The molecule has 0 unspecified atom stereocenters. The van der Waals surface area contributed by atoms with E-state index in [1.807, 2.05) is 0 Å². The summed E-state index contributed by atoms with van der Waals surface area (Å²) in [6.45, 7) is 0.829. The van der Waals surface area contributed by atoms with Gasteiger partial charge in [-0.05, 0) is 12.1 Å². The third-order valence-electron chi connectivity index (χ3n) is 3.14. The summed E-state index contributed by atoms with van der Waals surface area (Å²) >= 11 is 6.82. The van der Waals surface area contributed by atoms with Gasteiger partial charge in [0.25, 0.3) is 10.0 Å². The molecule has 1 aliphatic rings. The first-order chi connectivity index (χ1) is 9.48. The number of halogens is 1. The smallest absolute Gasteiger partial charge is 0.278 e. The molecule has 2 aromatic rings. The topological polar surface area (TPSA) is 88.1 Å². The highest BCUT2D eigenvalue weighted by Gasteiger charge is 2.28. The molecule has 0 bridgehead atoms. The van der Waals surface area contributed by atoms with Gasteiger partial charge in [0.05, 0.1) is 4.34 Å². The average Bonchev–Trinajstić information content (AvgIpc) is 2.90. The lowest BCUT2D eigenvalue weighted by molar-refractivity contribution is 0.414. The highest BCUT2D eigenvalue weighted by Crippen LogP contribution is 2.28. The van der Waals surface area contributed by atoms with E-state index in [4.69, 9.17) is 11.6 Å². The average molecular weight is 335 g/mol. The number of rotatable bonds is 2. The zero-order valence-corrected chi connectivity index (χ0v) is 12.6. The Morgan fingerprint density at radius 3 is 2.80 bits per heavy atom. The Kier molecular flexibility index (Phi) is 3.44. The fraction of sp³-hybridized carbons (Fsp3) is 0.400. The van der Waals surface area contributed by atoms with Gasteiger partial charge in [0.15, 0.2) is 0 Å². The molecule has 0 radical (unpaired) electrons. The molecule has 7 nitrogen and oxygen atoms in total. The van der Waals surface area contributed by atoms with E-state index in [1.54, 1.807) is 6.07 Å². The van der Waals surface area contributed by atoms with Crippen LogP contribution in [0.4, 0.5) is 0 Å². The zero-order valence-electron chi connectivity index (χ0n) is 10.2. The summed E-state index contributed by atoms with van der Waals surface area (Å²) in [6.07, 6.45) is 0.400. The fourth-order valence-corrected chi connectivity index (χ4v) is 5.19. The number of thiophene rings is 1. The fourth-order valence-electron chi connectivity index (χ4n) is 2.12. The lowest BCUT2D eigenvalue weighted by Crippen LogP contribution is -2.34. The van der Waals surface area contributed by atoms with E-state index in [1.165, 1.54) is 14.9 Å². The van der Waals surface area contributed by atoms with Crippen LogP contribution in [0.1, 0.15) is 5.82 Å². The molecule has 0 atom stereocenters. The van der Waals surface area contributed by atoms with E-state index in [0.29, 0.717) is 29.7 Å². The summed E-state index contributed by atoms with van der Waals surface area (Å²) < 4.78 is 28.4. The van der Waals surface area contributed by atoms with Gasteiger partial charge in [0.1, 0.15) is 10.0 Å². The number of aromatic amines is 1. The van der Waals surface area contributed by atoms with Crippen LogP contribution in [-0.2, 0) is 23.0 Å². The Morgan fingerprint density at radius 1 is 1.30 bits per heavy atom. The van der Waals surface area contributed by atoms with Gasteiger partial charge in [-0.3, -0.25) is 4.57 Å². The van der Waals surface area contributed by atoms with Crippen LogP contribution in [0.15, 0.2) is 21.1 Å². The van der Waals surface area contributed by atoms with Crippen molar-refractivity contribution in [1.29, 1.82) is 0 Å². The molecule has 1 aliphatic heterocycles. The van der Waals surface area contributed by atoms with E-state index in [2.05, 4.69) is 10.2 Å². The van der Waals surface area contributed by atoms with Crippen LogP contribution in [0.5, 0.6) is 0 Å². The number of aromatic nitrogens is 3. The molecule has 108 valence electrons. The van der Waals surface area contributed by atoms with E-state index in [0.717, 1.165) is 11.3 Å². The van der Waals surface area contributed by atoms with Gasteiger partial charge in [0, 0.05) is 26.1 Å². The quantitative estimate of drug-likeness (QED) is 0.868. The maximum atomic E-state index is 12.5. The summed E-state index contributed by atoms with van der Waals surface area (Å²) in [5.41, 5.74) is -0.307. The first kappa shape index (κ1) is 13.8. The Labute approximate surface area is 123 Å². The van der Waals surface area contributed by atoms with Crippen LogP contribution in [0.25, 0.3) is 0 Å². The lowest BCUT2D eigenvalue weighted by atomic mass is 10.4. The van der Waals surface area contributed by atoms with Crippen LogP contribution in [0, 0.1) is 0 Å². The number of nitrogens with zero attached hydrogens (tertiary/aromatic N) is 3. The predicted molar refractivity (Wildman–Crippen MR) is 74.6 cm³/mol. The van der Waals surface area contributed by atoms with Gasteiger partial charge in [-0.25, -0.2) is 18.3 Å².